The number of carbonyl (C=O) groups excluding carboxylic acids is 1. The number of phenolic OH excluding ortho intramolecular Hbond substituents is 1. The molecule has 1 aliphatic rings. The van der Waals surface area contributed by atoms with Crippen LogP contribution < -0.4 is 10.2 Å². The fraction of sp³-hybridized carbons (Fsp3) is 0.350. The van der Waals surface area contributed by atoms with Gasteiger partial charge in [0, 0.05) is 37.4 Å². The van der Waals surface area contributed by atoms with Crippen molar-refractivity contribution in [1.82, 2.24) is 10.2 Å². The van der Waals surface area contributed by atoms with Crippen LogP contribution in [0.1, 0.15) is 15.9 Å². The van der Waals surface area contributed by atoms with Crippen LogP contribution in [0.2, 0.25) is 0 Å². The Morgan fingerprint density at radius 1 is 1.04 bits per heavy atom. The number of hydrogen-bond acceptors (Lipinski definition) is 4. The average Bonchev–Trinajstić information content (AvgIpc) is 2.67. The minimum Gasteiger partial charge on any atom is -0.508 e. The van der Waals surface area contributed by atoms with Crippen molar-refractivity contribution in [2.75, 3.05) is 44.7 Å². The van der Waals surface area contributed by atoms with E-state index in [4.69, 9.17) is 0 Å². The summed E-state index contributed by atoms with van der Waals surface area (Å²) in [5.74, 6) is 0.396. The number of benzene rings is 2. The van der Waals surface area contributed by atoms with E-state index in [1.807, 2.05) is 48.3 Å². The van der Waals surface area contributed by atoms with Crippen LogP contribution in [-0.2, 0) is 6.42 Å². The van der Waals surface area contributed by atoms with Crippen molar-refractivity contribution in [2.24, 2.45) is 0 Å². The smallest absolute Gasteiger partial charge is 0.254 e. The van der Waals surface area contributed by atoms with Gasteiger partial charge in [0.05, 0.1) is 0 Å². The lowest BCUT2D eigenvalue weighted by Gasteiger charge is -2.36. The molecule has 1 amide bonds. The van der Waals surface area contributed by atoms with E-state index in [0.717, 1.165) is 42.9 Å². The van der Waals surface area contributed by atoms with Gasteiger partial charge in [-0.15, -0.1) is 12.4 Å². The van der Waals surface area contributed by atoms with E-state index >= 15 is 0 Å². The summed E-state index contributed by atoms with van der Waals surface area (Å²) in [4.78, 5) is 17.1. The second-order valence-electron chi connectivity index (χ2n) is 6.31. The third-order valence-electron chi connectivity index (χ3n) is 4.67. The van der Waals surface area contributed by atoms with Gasteiger partial charge in [-0.25, -0.2) is 0 Å². The van der Waals surface area contributed by atoms with E-state index in [0.29, 0.717) is 13.1 Å². The van der Waals surface area contributed by atoms with Crippen LogP contribution in [0.4, 0.5) is 5.69 Å². The van der Waals surface area contributed by atoms with Crippen molar-refractivity contribution < 1.29 is 9.90 Å². The molecule has 3 rings (SSSR count). The Labute approximate surface area is 161 Å². The summed E-state index contributed by atoms with van der Waals surface area (Å²) in [6, 6.07) is 15.1. The van der Waals surface area contributed by atoms with Crippen LogP contribution in [0, 0.1) is 0 Å². The molecule has 0 atom stereocenters. The Bertz CT molecular complexity index is 713. The summed E-state index contributed by atoms with van der Waals surface area (Å²) in [7, 11) is 1.92. The normalized spacial score (nSPS) is 14.0. The highest BCUT2D eigenvalue weighted by molar-refractivity contribution is 5.95. The zero-order chi connectivity index (χ0) is 17.6. The van der Waals surface area contributed by atoms with Gasteiger partial charge < -0.3 is 20.2 Å². The Kier molecular flexibility index (Phi) is 7.30. The number of carbonyl (C=O) groups is 1. The minimum atomic E-state index is 0. The molecule has 0 radical (unpaired) electrons. The number of piperazine rings is 1. The molecule has 0 aliphatic carbocycles. The monoisotopic (exact) mass is 375 g/mol. The quantitative estimate of drug-likeness (QED) is 0.843. The Morgan fingerprint density at radius 3 is 2.35 bits per heavy atom. The van der Waals surface area contributed by atoms with E-state index in [-0.39, 0.29) is 24.1 Å². The summed E-state index contributed by atoms with van der Waals surface area (Å²) < 4.78 is 0. The second kappa shape index (κ2) is 9.46. The maximum Gasteiger partial charge on any atom is 0.254 e. The highest BCUT2D eigenvalue weighted by Gasteiger charge is 2.23. The molecular weight excluding hydrogens is 350 g/mol. The highest BCUT2D eigenvalue weighted by Crippen LogP contribution is 2.21. The SMILES string of the molecule is CNCCc1ccccc1C(=O)N1CCN(c2ccc(O)cc2)CC1.Cl. The van der Waals surface area contributed by atoms with Gasteiger partial charge in [-0.3, -0.25) is 4.79 Å². The Hall–Kier alpha value is -2.24. The van der Waals surface area contributed by atoms with E-state index in [9.17, 15) is 9.90 Å². The lowest BCUT2D eigenvalue weighted by Crippen LogP contribution is -2.49. The van der Waals surface area contributed by atoms with Crippen molar-refractivity contribution in [3.63, 3.8) is 0 Å². The summed E-state index contributed by atoms with van der Waals surface area (Å²) in [5, 5.41) is 12.5. The number of hydrogen-bond donors (Lipinski definition) is 2. The van der Waals surface area contributed by atoms with E-state index in [2.05, 4.69) is 10.2 Å². The molecule has 0 bridgehead atoms. The predicted octanol–water partition coefficient (Wildman–Crippen LogP) is 2.54. The number of aromatic hydroxyl groups is 1. The number of nitrogens with one attached hydrogen (secondary N) is 1. The standard InChI is InChI=1S/C20H25N3O2.ClH/c1-21-11-10-16-4-2-3-5-19(16)20(25)23-14-12-22(13-15-23)17-6-8-18(24)9-7-17;/h2-9,21,24H,10-15H2,1H3;1H. The summed E-state index contributed by atoms with van der Waals surface area (Å²) >= 11 is 0. The molecule has 1 heterocycles. The second-order valence-corrected chi connectivity index (χ2v) is 6.31. The molecule has 6 heteroatoms. The molecule has 26 heavy (non-hydrogen) atoms. The molecule has 1 fully saturated rings. The maximum absolute atomic E-state index is 12.9. The van der Waals surface area contributed by atoms with E-state index < -0.39 is 0 Å². The molecular formula is C20H26ClN3O2. The van der Waals surface area contributed by atoms with Crippen LogP contribution >= 0.6 is 12.4 Å². The maximum atomic E-state index is 12.9. The van der Waals surface area contributed by atoms with Crippen LogP contribution in [0.15, 0.2) is 48.5 Å². The third-order valence-corrected chi connectivity index (χ3v) is 4.67. The summed E-state index contributed by atoms with van der Waals surface area (Å²) in [6.45, 7) is 3.88. The molecule has 2 aromatic rings. The molecule has 0 unspecified atom stereocenters. The van der Waals surface area contributed by atoms with Gasteiger partial charge in [-0.2, -0.15) is 0 Å². The number of phenols is 1. The zero-order valence-electron chi connectivity index (χ0n) is 15.0. The molecule has 2 aromatic carbocycles. The van der Waals surface area contributed by atoms with Crippen LogP contribution in [0.5, 0.6) is 5.75 Å². The van der Waals surface area contributed by atoms with Gasteiger partial charge in [0.15, 0.2) is 0 Å². The topological polar surface area (TPSA) is 55.8 Å². The van der Waals surface area contributed by atoms with E-state index in [1.54, 1.807) is 12.1 Å². The minimum absolute atomic E-state index is 0. The number of amides is 1. The lowest BCUT2D eigenvalue weighted by atomic mass is 10.0. The average molecular weight is 376 g/mol. The van der Waals surface area contributed by atoms with E-state index in [1.165, 1.54) is 0 Å². The van der Waals surface area contributed by atoms with Gasteiger partial charge in [0.2, 0.25) is 0 Å². The molecule has 0 aromatic heterocycles. The summed E-state index contributed by atoms with van der Waals surface area (Å²) in [6.07, 6.45) is 0.853. The first kappa shape index (κ1) is 20.1. The molecule has 5 nitrogen and oxygen atoms in total. The molecule has 140 valence electrons. The van der Waals surface area contributed by atoms with Crippen molar-refractivity contribution >= 4 is 24.0 Å². The number of anilines is 1. The first-order valence-corrected chi connectivity index (χ1v) is 8.75. The van der Waals surface area contributed by atoms with Crippen molar-refractivity contribution in [2.45, 2.75) is 6.42 Å². The first-order valence-electron chi connectivity index (χ1n) is 8.75. The van der Waals surface area contributed by atoms with Gasteiger partial charge in [0.1, 0.15) is 5.75 Å². The summed E-state index contributed by atoms with van der Waals surface area (Å²) in [5.41, 5.74) is 3.00. The van der Waals surface area contributed by atoms with Crippen molar-refractivity contribution in [3.8, 4) is 5.75 Å². The molecule has 1 saturated heterocycles. The number of rotatable bonds is 5. The first-order chi connectivity index (χ1) is 12.2. The molecule has 2 N–H and O–H groups in total. The molecule has 0 saturated carbocycles. The Balaban J connectivity index is 0.00000243. The number of halogens is 1. The van der Waals surface area contributed by atoms with Crippen molar-refractivity contribution in [3.05, 3.63) is 59.7 Å². The fourth-order valence-electron chi connectivity index (χ4n) is 3.21. The Morgan fingerprint density at radius 2 is 1.69 bits per heavy atom. The van der Waals surface area contributed by atoms with Gasteiger partial charge in [-0.1, -0.05) is 18.2 Å². The van der Waals surface area contributed by atoms with Crippen LogP contribution in [0.3, 0.4) is 0 Å². The zero-order valence-corrected chi connectivity index (χ0v) is 15.8. The number of likely N-dealkylation sites (N-methyl/N-ethyl adjacent to an activating group) is 1. The van der Waals surface area contributed by atoms with Crippen molar-refractivity contribution in [1.29, 1.82) is 0 Å². The van der Waals surface area contributed by atoms with Crippen LogP contribution in [-0.4, -0.2) is 55.7 Å². The molecule has 0 spiro atoms. The highest BCUT2D eigenvalue weighted by atomic mass is 35.5. The lowest BCUT2D eigenvalue weighted by molar-refractivity contribution is 0.0745. The fourth-order valence-corrected chi connectivity index (χ4v) is 3.21. The van der Waals surface area contributed by atoms with Gasteiger partial charge >= 0.3 is 0 Å². The van der Waals surface area contributed by atoms with Gasteiger partial charge in [-0.05, 0) is 55.9 Å². The van der Waals surface area contributed by atoms with Gasteiger partial charge in [0.25, 0.3) is 5.91 Å². The number of nitrogens with zero attached hydrogens (tertiary/aromatic N) is 2. The van der Waals surface area contributed by atoms with Crippen LogP contribution in [0.25, 0.3) is 0 Å². The molecule has 1 aliphatic heterocycles. The largest absolute Gasteiger partial charge is 0.508 e. The third kappa shape index (κ3) is 4.68. The predicted molar refractivity (Wildman–Crippen MR) is 108 cm³/mol.